The lowest BCUT2D eigenvalue weighted by molar-refractivity contribution is 0.0929. The maximum absolute atomic E-state index is 15.1. The highest BCUT2D eigenvalue weighted by atomic mass is 19.1. The summed E-state index contributed by atoms with van der Waals surface area (Å²) in [5, 5.41) is 7.15. The van der Waals surface area contributed by atoms with Crippen molar-refractivity contribution in [2.24, 2.45) is 7.05 Å². The molecule has 31 heavy (non-hydrogen) atoms. The van der Waals surface area contributed by atoms with Crippen molar-refractivity contribution < 1.29 is 13.9 Å². The first-order chi connectivity index (χ1) is 14.6. The van der Waals surface area contributed by atoms with Gasteiger partial charge in [0.2, 0.25) is 0 Å². The van der Waals surface area contributed by atoms with Gasteiger partial charge in [-0.05, 0) is 45.8 Å². The number of amides is 1. The second-order valence-corrected chi connectivity index (χ2v) is 7.88. The summed E-state index contributed by atoms with van der Waals surface area (Å²) in [6.45, 7) is 11.5. The molecule has 0 spiro atoms. The van der Waals surface area contributed by atoms with Crippen LogP contribution in [0.4, 0.5) is 4.39 Å². The predicted octanol–water partition coefficient (Wildman–Crippen LogP) is 3.92. The molecule has 0 saturated carbocycles. The molecule has 0 aliphatic carbocycles. The van der Waals surface area contributed by atoms with Gasteiger partial charge in [-0.1, -0.05) is 26.3 Å². The van der Waals surface area contributed by atoms with E-state index in [1.165, 1.54) is 10.6 Å². The van der Waals surface area contributed by atoms with Gasteiger partial charge in [-0.3, -0.25) is 9.36 Å². The molecule has 1 amide bonds. The van der Waals surface area contributed by atoms with Crippen LogP contribution in [-0.4, -0.2) is 32.4 Å². The van der Waals surface area contributed by atoms with Gasteiger partial charge in [0, 0.05) is 25.6 Å². The van der Waals surface area contributed by atoms with Crippen LogP contribution in [0, 0.1) is 5.82 Å². The van der Waals surface area contributed by atoms with E-state index < -0.39 is 17.4 Å². The smallest absolute Gasteiger partial charge is 0.350 e. The Morgan fingerprint density at radius 1 is 1.26 bits per heavy atom. The van der Waals surface area contributed by atoms with Gasteiger partial charge < -0.3 is 10.1 Å². The summed E-state index contributed by atoms with van der Waals surface area (Å²) in [7, 11) is 1.59. The highest BCUT2D eigenvalue weighted by Gasteiger charge is 2.23. The van der Waals surface area contributed by atoms with Crippen LogP contribution in [0.15, 0.2) is 28.6 Å². The molecule has 1 heterocycles. The first-order valence-corrected chi connectivity index (χ1v) is 10.7. The summed E-state index contributed by atoms with van der Waals surface area (Å²) in [5.41, 5.74) is 0.611. The highest BCUT2D eigenvalue weighted by molar-refractivity contribution is 5.97. The summed E-state index contributed by atoms with van der Waals surface area (Å²) >= 11 is 0. The van der Waals surface area contributed by atoms with E-state index in [0.717, 1.165) is 29.2 Å². The monoisotopic (exact) mass is 432 g/mol. The van der Waals surface area contributed by atoms with Crippen LogP contribution in [0.1, 0.15) is 70.6 Å². The van der Waals surface area contributed by atoms with E-state index in [-0.39, 0.29) is 29.1 Å². The zero-order valence-corrected chi connectivity index (χ0v) is 19.5. The van der Waals surface area contributed by atoms with Crippen molar-refractivity contribution in [2.45, 2.75) is 73.0 Å². The van der Waals surface area contributed by atoms with E-state index in [1.54, 1.807) is 7.05 Å². The minimum Gasteiger partial charge on any atom is -0.486 e. The third-order valence-electron chi connectivity index (χ3n) is 5.11. The molecule has 8 heteroatoms. The number of nitrogens with one attached hydrogen (secondary N) is 1. The number of nitrogens with zero attached hydrogens (tertiary/aromatic N) is 3. The molecule has 1 unspecified atom stereocenters. The molecule has 0 saturated heterocycles. The van der Waals surface area contributed by atoms with Crippen molar-refractivity contribution in [3.05, 3.63) is 51.5 Å². The number of carbonyl (C=O) groups excluding carboxylic acids is 1. The third-order valence-corrected chi connectivity index (χ3v) is 5.11. The predicted molar refractivity (Wildman–Crippen MR) is 119 cm³/mol. The molecule has 7 nitrogen and oxygen atoms in total. The number of hydrogen-bond acceptors (Lipinski definition) is 4. The molecule has 0 fully saturated rings. The zero-order valence-electron chi connectivity index (χ0n) is 19.5. The van der Waals surface area contributed by atoms with E-state index in [1.807, 2.05) is 47.6 Å². The van der Waals surface area contributed by atoms with Gasteiger partial charge in [-0.25, -0.2) is 9.18 Å². The fraction of sp³-hybridized carbons (Fsp3) is 0.522. The average Bonchev–Trinajstić information content (AvgIpc) is 3.00. The molecular formula is C23H33FN4O3. The topological polar surface area (TPSA) is 78.2 Å². The molecule has 0 aliphatic rings. The van der Waals surface area contributed by atoms with E-state index in [0.29, 0.717) is 12.2 Å². The minimum absolute atomic E-state index is 0.0242. The van der Waals surface area contributed by atoms with Gasteiger partial charge in [0.15, 0.2) is 0 Å². The van der Waals surface area contributed by atoms with Gasteiger partial charge in [0.05, 0.1) is 5.56 Å². The van der Waals surface area contributed by atoms with Crippen LogP contribution in [0.3, 0.4) is 0 Å². The highest BCUT2D eigenvalue weighted by Crippen LogP contribution is 2.27. The molecule has 170 valence electrons. The van der Waals surface area contributed by atoms with Crippen molar-refractivity contribution in [3.8, 4) is 11.4 Å². The Kier molecular flexibility index (Phi) is 8.19. The first kappa shape index (κ1) is 24.4. The number of hydrogen-bond donors (Lipinski definition) is 1. The maximum atomic E-state index is 15.1. The lowest BCUT2D eigenvalue weighted by Gasteiger charge is -2.19. The number of rotatable bonds is 9. The second kappa shape index (κ2) is 10.4. The molecule has 1 aromatic carbocycles. The molecule has 1 aromatic heterocycles. The van der Waals surface area contributed by atoms with Crippen molar-refractivity contribution in [1.82, 2.24) is 19.7 Å². The summed E-state index contributed by atoms with van der Waals surface area (Å²) in [4.78, 5) is 25.5. The van der Waals surface area contributed by atoms with Crippen LogP contribution in [0.25, 0.3) is 5.69 Å². The average molecular weight is 433 g/mol. The van der Waals surface area contributed by atoms with E-state index in [4.69, 9.17) is 4.74 Å². The Morgan fingerprint density at radius 3 is 2.42 bits per heavy atom. The van der Waals surface area contributed by atoms with Gasteiger partial charge >= 0.3 is 5.69 Å². The van der Waals surface area contributed by atoms with Crippen molar-refractivity contribution in [3.63, 3.8) is 0 Å². The van der Waals surface area contributed by atoms with Crippen molar-refractivity contribution in [2.75, 3.05) is 0 Å². The van der Waals surface area contributed by atoms with E-state index in [2.05, 4.69) is 10.4 Å². The van der Waals surface area contributed by atoms with Gasteiger partial charge in [0.1, 0.15) is 29.2 Å². The molecule has 0 aliphatic heterocycles. The number of aryl methyl sites for hydroxylation is 1. The number of ether oxygens (including phenoxy) is 1. The number of benzene rings is 1. The minimum atomic E-state index is -0.722. The van der Waals surface area contributed by atoms with Gasteiger partial charge in [-0.15, -0.1) is 5.10 Å². The Hall–Kier alpha value is -2.90. The van der Waals surface area contributed by atoms with Gasteiger partial charge in [0.25, 0.3) is 5.91 Å². The Balaban J connectivity index is 2.61. The third kappa shape index (κ3) is 5.62. The summed E-state index contributed by atoms with van der Waals surface area (Å²) in [6.07, 6.45) is 3.59. The Morgan fingerprint density at radius 2 is 1.90 bits per heavy atom. The summed E-state index contributed by atoms with van der Waals surface area (Å²) in [6, 6.07) is 2.47. The number of allylic oxidation sites excluding steroid dienone is 1. The zero-order chi connectivity index (χ0) is 23.3. The van der Waals surface area contributed by atoms with Gasteiger partial charge in [-0.2, -0.15) is 4.68 Å². The van der Waals surface area contributed by atoms with Crippen molar-refractivity contribution in [1.29, 1.82) is 0 Å². The van der Waals surface area contributed by atoms with Crippen LogP contribution < -0.4 is 15.7 Å². The molecule has 2 rings (SSSR count). The van der Waals surface area contributed by atoms with Crippen molar-refractivity contribution >= 4 is 5.91 Å². The van der Waals surface area contributed by atoms with E-state index in [9.17, 15) is 9.59 Å². The van der Waals surface area contributed by atoms with E-state index >= 15 is 4.39 Å². The molecular weight excluding hydrogens is 399 g/mol. The quantitative estimate of drug-likeness (QED) is 0.609. The van der Waals surface area contributed by atoms with Crippen LogP contribution >= 0.6 is 0 Å². The lowest BCUT2D eigenvalue weighted by atomic mass is 10.1. The second-order valence-electron chi connectivity index (χ2n) is 7.88. The van der Waals surface area contributed by atoms with Crippen LogP contribution in [0.5, 0.6) is 5.75 Å². The maximum Gasteiger partial charge on any atom is 0.350 e. The Labute approximate surface area is 182 Å². The number of carbonyl (C=O) groups is 1. The largest absolute Gasteiger partial charge is 0.486 e. The standard InChI is InChI=1S/C23H33FN4O3/c1-8-16(9-2)25-22(29)17-12-18(24)19(13-20(17)31-15(6)11-14(4)5)28-23(30)27(7)21(10-3)26-28/h11-13,15-16H,8-10H2,1-7H3,(H,25,29). The molecule has 0 bridgehead atoms. The Bertz CT molecular complexity index is 1010. The summed E-state index contributed by atoms with van der Waals surface area (Å²) < 4.78 is 23.5. The molecule has 1 N–H and O–H groups in total. The SMILES string of the molecule is CCc1nn(-c2cc(OC(C)C=C(C)C)c(C(=O)NC(CC)CC)cc2F)c(=O)n1C. The fourth-order valence-corrected chi connectivity index (χ4v) is 3.38. The lowest BCUT2D eigenvalue weighted by Crippen LogP contribution is -2.34. The summed E-state index contributed by atoms with van der Waals surface area (Å²) in [5.74, 6) is -0.415. The first-order valence-electron chi connectivity index (χ1n) is 10.7. The molecule has 1 atom stereocenters. The molecule has 0 radical (unpaired) electrons. The molecule has 2 aromatic rings. The fourth-order valence-electron chi connectivity index (χ4n) is 3.38. The number of aromatic nitrogens is 3. The van der Waals surface area contributed by atoms with Crippen LogP contribution in [-0.2, 0) is 13.5 Å². The number of halogens is 1. The van der Waals surface area contributed by atoms with Crippen LogP contribution in [0.2, 0.25) is 0 Å². The normalized spacial score (nSPS) is 12.0.